The Labute approximate surface area is 153 Å². The molecular weight excluding hydrogens is 363 g/mol. The topological polar surface area (TPSA) is 94.3 Å². The summed E-state index contributed by atoms with van der Waals surface area (Å²) in [4.78, 5) is 28.6. The van der Waals surface area contributed by atoms with E-state index in [1.807, 2.05) is 0 Å². The third kappa shape index (κ3) is 5.04. The molecule has 6 nitrogen and oxygen atoms in total. The van der Waals surface area contributed by atoms with Crippen LogP contribution in [0.1, 0.15) is 22.8 Å². The number of nitrogens with one attached hydrogen (secondary N) is 1. The van der Waals surface area contributed by atoms with Crippen molar-refractivity contribution in [1.29, 1.82) is 0 Å². The Morgan fingerprint density at radius 3 is 2.63 bits per heavy atom. The highest BCUT2D eigenvalue weighted by Crippen LogP contribution is 2.31. The van der Waals surface area contributed by atoms with Crippen molar-refractivity contribution in [3.63, 3.8) is 0 Å². The van der Waals surface area contributed by atoms with E-state index in [0.29, 0.717) is 0 Å². The lowest BCUT2D eigenvalue weighted by Gasteiger charge is -2.16. The third-order valence-electron chi connectivity index (χ3n) is 3.65. The first kappa shape index (κ1) is 20.4. The zero-order valence-electron chi connectivity index (χ0n) is 14.4. The number of benzene rings is 1. The van der Waals surface area contributed by atoms with Gasteiger partial charge in [0.25, 0.3) is 0 Å². The van der Waals surface area contributed by atoms with Gasteiger partial charge in [-0.1, -0.05) is 6.07 Å². The summed E-state index contributed by atoms with van der Waals surface area (Å²) in [6, 6.07) is 7.35. The highest BCUT2D eigenvalue weighted by Gasteiger charge is 2.31. The number of pyridine rings is 1. The zero-order chi connectivity index (χ0) is 20.0. The number of aromatic nitrogens is 1. The van der Waals surface area contributed by atoms with E-state index in [-0.39, 0.29) is 30.2 Å². The summed E-state index contributed by atoms with van der Waals surface area (Å²) in [6.45, 7) is 1.42. The first-order valence-electron chi connectivity index (χ1n) is 8.08. The Balaban J connectivity index is 2.33. The molecule has 0 saturated carbocycles. The molecule has 0 aliphatic heterocycles. The maximum Gasteiger partial charge on any atom is 0.416 e. The van der Waals surface area contributed by atoms with Crippen LogP contribution in [-0.4, -0.2) is 29.9 Å². The minimum absolute atomic E-state index is 0.0181. The number of nitrogens with zero attached hydrogens (tertiary/aromatic N) is 1. The Morgan fingerprint density at radius 1 is 1.26 bits per heavy atom. The molecule has 0 saturated heterocycles. The zero-order valence-corrected chi connectivity index (χ0v) is 14.4. The second-order valence-electron chi connectivity index (χ2n) is 5.51. The van der Waals surface area contributed by atoms with Gasteiger partial charge in [0.15, 0.2) is 5.78 Å². The predicted molar refractivity (Wildman–Crippen MR) is 92.5 cm³/mol. The molecule has 2 aromatic rings. The van der Waals surface area contributed by atoms with Crippen LogP contribution in [0.4, 0.5) is 24.7 Å². The van der Waals surface area contributed by atoms with Gasteiger partial charge >= 0.3 is 12.1 Å². The van der Waals surface area contributed by atoms with Crippen LogP contribution in [-0.2, 0) is 15.7 Å². The van der Waals surface area contributed by atoms with Gasteiger partial charge in [-0.2, -0.15) is 13.2 Å². The number of hydrogen-bond donors (Lipinski definition) is 2. The number of Topliss-reactive ketones (excluding diaryl/α,β-unsaturated/α-hetero) is 1. The van der Waals surface area contributed by atoms with Gasteiger partial charge < -0.3 is 15.8 Å². The molecule has 144 valence electrons. The number of nitrogens with two attached hydrogens (primary N) is 1. The molecule has 0 aliphatic rings. The maximum atomic E-state index is 12.9. The van der Waals surface area contributed by atoms with Crippen LogP contribution in [0.2, 0.25) is 0 Å². The molecular formula is C18H18F3N3O3. The van der Waals surface area contributed by atoms with Crippen LogP contribution in [0.15, 0.2) is 42.6 Å². The van der Waals surface area contributed by atoms with Crippen molar-refractivity contribution in [1.82, 2.24) is 4.98 Å². The van der Waals surface area contributed by atoms with E-state index in [4.69, 9.17) is 10.5 Å². The van der Waals surface area contributed by atoms with E-state index in [9.17, 15) is 22.8 Å². The van der Waals surface area contributed by atoms with E-state index in [0.717, 1.165) is 12.1 Å². The number of anilines is 2. The first-order valence-corrected chi connectivity index (χ1v) is 8.08. The fourth-order valence-electron chi connectivity index (χ4n) is 2.35. The van der Waals surface area contributed by atoms with E-state index in [1.54, 1.807) is 6.92 Å². The Bertz CT molecular complexity index is 825. The van der Waals surface area contributed by atoms with Crippen LogP contribution < -0.4 is 11.1 Å². The molecule has 1 aromatic carbocycles. The normalized spacial score (nSPS) is 12.3. The van der Waals surface area contributed by atoms with E-state index in [1.165, 1.54) is 30.5 Å². The van der Waals surface area contributed by atoms with Crippen LogP contribution in [0.3, 0.4) is 0 Å². The van der Waals surface area contributed by atoms with Gasteiger partial charge in [-0.3, -0.25) is 9.59 Å². The summed E-state index contributed by atoms with van der Waals surface area (Å²) in [5.41, 5.74) is 4.80. The molecule has 27 heavy (non-hydrogen) atoms. The minimum atomic E-state index is -4.50. The fraction of sp³-hybridized carbons (Fsp3) is 0.278. The van der Waals surface area contributed by atoms with Gasteiger partial charge in [0.1, 0.15) is 11.7 Å². The molecule has 0 aliphatic carbocycles. The van der Waals surface area contributed by atoms with Crippen molar-refractivity contribution >= 4 is 23.3 Å². The van der Waals surface area contributed by atoms with Crippen molar-refractivity contribution in [2.75, 3.05) is 18.5 Å². The molecule has 0 bridgehead atoms. The predicted octanol–water partition coefficient (Wildman–Crippen LogP) is 3.16. The van der Waals surface area contributed by atoms with Crippen molar-refractivity contribution in [2.45, 2.75) is 13.1 Å². The van der Waals surface area contributed by atoms with Crippen molar-refractivity contribution in [3.05, 3.63) is 53.7 Å². The highest BCUT2D eigenvalue weighted by atomic mass is 19.4. The standard InChI is InChI=1S/C18H18F3N3O3/c1-2-27-17(26)14(10-22)15(25)13-7-4-8-23-16(13)24-12-6-3-5-11(9-12)18(19,20)21/h3-9,14H,2,10,22H2,1H3,(H,23,24). The van der Waals surface area contributed by atoms with Gasteiger partial charge in [0.2, 0.25) is 0 Å². The lowest BCUT2D eigenvalue weighted by atomic mass is 9.98. The number of ether oxygens (including phenoxy) is 1. The van der Waals surface area contributed by atoms with Crippen molar-refractivity contribution in [2.24, 2.45) is 11.7 Å². The number of carbonyl (C=O) groups excluding carboxylic acids is 2. The lowest BCUT2D eigenvalue weighted by molar-refractivity contribution is -0.145. The smallest absolute Gasteiger partial charge is 0.416 e. The van der Waals surface area contributed by atoms with E-state index >= 15 is 0 Å². The SMILES string of the molecule is CCOC(=O)C(CN)C(=O)c1cccnc1Nc1cccc(C(F)(F)F)c1. The molecule has 3 N–H and O–H groups in total. The lowest BCUT2D eigenvalue weighted by Crippen LogP contribution is -2.33. The molecule has 2 rings (SSSR count). The summed E-state index contributed by atoms with van der Waals surface area (Å²) in [5, 5.41) is 2.69. The molecule has 1 atom stereocenters. The van der Waals surface area contributed by atoms with Gasteiger partial charge in [-0.15, -0.1) is 0 Å². The van der Waals surface area contributed by atoms with Gasteiger partial charge in [-0.25, -0.2) is 4.98 Å². The summed E-state index contributed by atoms with van der Waals surface area (Å²) < 4.78 is 43.4. The number of hydrogen-bond acceptors (Lipinski definition) is 6. The number of esters is 1. The Hall–Kier alpha value is -2.94. The first-order chi connectivity index (χ1) is 12.8. The summed E-state index contributed by atoms with van der Waals surface area (Å²) >= 11 is 0. The molecule has 0 fully saturated rings. The number of rotatable bonds is 7. The third-order valence-corrected chi connectivity index (χ3v) is 3.65. The maximum absolute atomic E-state index is 12.9. The second-order valence-corrected chi connectivity index (χ2v) is 5.51. The van der Waals surface area contributed by atoms with Crippen molar-refractivity contribution < 1.29 is 27.5 Å². The molecule has 0 amide bonds. The average molecular weight is 381 g/mol. The van der Waals surface area contributed by atoms with Gasteiger partial charge in [-0.05, 0) is 37.3 Å². The molecule has 0 spiro atoms. The molecule has 0 radical (unpaired) electrons. The van der Waals surface area contributed by atoms with E-state index in [2.05, 4.69) is 10.3 Å². The number of halogens is 3. The molecule has 1 unspecified atom stereocenters. The van der Waals surface area contributed by atoms with Gasteiger partial charge in [0, 0.05) is 18.4 Å². The van der Waals surface area contributed by atoms with Crippen LogP contribution >= 0.6 is 0 Å². The van der Waals surface area contributed by atoms with Crippen molar-refractivity contribution in [3.8, 4) is 0 Å². The van der Waals surface area contributed by atoms with E-state index < -0.39 is 29.4 Å². The molecule has 1 heterocycles. The van der Waals surface area contributed by atoms with Gasteiger partial charge in [0.05, 0.1) is 17.7 Å². The summed E-state index contributed by atoms with van der Waals surface area (Å²) in [7, 11) is 0. The molecule has 9 heteroatoms. The highest BCUT2D eigenvalue weighted by molar-refractivity contribution is 6.11. The quantitative estimate of drug-likeness (QED) is 0.435. The van der Waals surface area contributed by atoms with Crippen LogP contribution in [0.25, 0.3) is 0 Å². The fourth-order valence-corrected chi connectivity index (χ4v) is 2.35. The van der Waals surface area contributed by atoms with Crippen LogP contribution in [0, 0.1) is 5.92 Å². The Morgan fingerprint density at radius 2 is 2.00 bits per heavy atom. The number of ketones is 1. The summed E-state index contributed by atoms with van der Waals surface area (Å²) in [5.74, 6) is -2.60. The molecule has 1 aromatic heterocycles. The second kappa shape index (κ2) is 8.63. The number of carbonyl (C=O) groups is 2. The Kier molecular flexibility index (Phi) is 6.51. The number of alkyl halides is 3. The monoisotopic (exact) mass is 381 g/mol. The van der Waals surface area contributed by atoms with Crippen LogP contribution in [0.5, 0.6) is 0 Å². The summed E-state index contributed by atoms with van der Waals surface area (Å²) in [6.07, 6.45) is -3.14. The largest absolute Gasteiger partial charge is 0.465 e. The average Bonchev–Trinajstić information content (AvgIpc) is 2.62. The minimum Gasteiger partial charge on any atom is -0.465 e.